The van der Waals surface area contributed by atoms with Gasteiger partial charge in [-0.25, -0.2) is 9.78 Å². The number of methoxy groups -OCH3 is 2. The third-order valence-corrected chi connectivity index (χ3v) is 19.3. The molecule has 24 nitrogen and oxygen atoms in total. The highest BCUT2D eigenvalue weighted by Gasteiger charge is 2.45. The zero-order chi connectivity index (χ0) is 76.4. The Kier molecular flexibility index (Phi) is 37.8. The van der Waals surface area contributed by atoms with Gasteiger partial charge in [-0.3, -0.25) is 28.9 Å². The van der Waals surface area contributed by atoms with Crippen molar-refractivity contribution in [1.82, 2.24) is 35.1 Å². The molecular formula is C80H119ClN8O16. The number of nitrogens with two attached hydrogens (primary N) is 1. The van der Waals surface area contributed by atoms with Crippen LogP contribution in [-0.2, 0) is 79.4 Å². The maximum Gasteiger partial charge on any atom is 0.328 e. The lowest BCUT2D eigenvalue weighted by Gasteiger charge is -2.44. The third kappa shape index (κ3) is 28.3. The van der Waals surface area contributed by atoms with Crippen LogP contribution in [0.3, 0.4) is 0 Å². The molecule has 0 spiro atoms. The molecule has 1 fully saturated rings. The first kappa shape index (κ1) is 87.0. The number of benzene rings is 3. The fraction of sp³-hybridized carbons (Fsp3) is 0.613. The monoisotopic (exact) mass is 1480 g/mol. The first-order chi connectivity index (χ1) is 50.4. The van der Waals surface area contributed by atoms with E-state index < -0.39 is 65.8 Å². The predicted molar refractivity (Wildman–Crippen MR) is 405 cm³/mol. The number of likely N-dealkylation sites (tertiary alicyclic amines) is 1. The molecule has 9 atom stereocenters. The van der Waals surface area contributed by atoms with E-state index in [1.807, 2.05) is 116 Å². The Morgan fingerprint density at radius 1 is 0.743 bits per heavy atom. The van der Waals surface area contributed by atoms with Crippen LogP contribution in [0.5, 0.6) is 5.75 Å². The molecule has 0 radical (unpaired) electrons. The van der Waals surface area contributed by atoms with Crippen molar-refractivity contribution in [2.45, 2.75) is 181 Å². The van der Waals surface area contributed by atoms with Crippen LogP contribution in [0, 0.1) is 24.7 Å². The van der Waals surface area contributed by atoms with E-state index in [9.17, 15) is 28.8 Å². The summed E-state index contributed by atoms with van der Waals surface area (Å²) in [5.41, 5.74) is 9.86. The molecule has 1 aliphatic rings. The zero-order valence-corrected chi connectivity index (χ0v) is 65.1. The lowest BCUT2D eigenvalue weighted by Crippen LogP contribution is -2.61. The Labute approximate surface area is 627 Å². The minimum absolute atomic E-state index is 0.0217. The molecule has 4 amide bonds. The molecular weight excluding hydrogens is 1360 g/mol. The number of carbonyl (C=O) groups excluding carboxylic acids is 6. The van der Waals surface area contributed by atoms with Crippen molar-refractivity contribution in [2.24, 2.45) is 23.5 Å². The lowest BCUT2D eigenvalue weighted by molar-refractivity contribution is -0.149. The Hall–Kier alpha value is -6.94. The number of likely N-dealkylation sites (N-methyl/N-ethyl adjacent to an activating group) is 1. The van der Waals surface area contributed by atoms with Crippen LogP contribution in [0.1, 0.15) is 134 Å². The number of ketones is 1. The highest BCUT2D eigenvalue weighted by atomic mass is 35.5. The number of imidazole rings is 1. The van der Waals surface area contributed by atoms with Crippen LogP contribution in [-0.4, -0.2) is 229 Å². The molecule has 2 aromatic heterocycles. The standard InChI is InChI=1S/C80H119ClN8O16/c1-14-56(6)73(87(11)68(48-54(2)3)75(92)80(9,10)86-71(90)31-35-98-38-40-100-42-44-102-46-47-103-45-43-101-41-39-99-37-32-82)70(96-12)52-72(91)89-34-19-23-67(89)74(97-13)58(8)77(93)85-65(50-59-21-16-15-17-22-59)79(95)104-36-30-63(83-78(94)62-28-29-69(64(81)51-62)105-55(4)5)49-60-24-26-61(27-25-60)66-53-88-33-18-20-57(7)76(88)84-66/h15-18,20-22,24-29,33,51,53-56,58,63,65,67-68,70,73-74H,14,19,23,30-32,34-50,52,82H2,1-13H3,(H,83,94)(H,85,93)(H,86,90)/t56-,58+,63+,65-,67-,68?,70+,73-,74+/m0/s1. The molecule has 6 rings (SSSR count). The van der Waals surface area contributed by atoms with Crippen molar-refractivity contribution < 1.29 is 76.1 Å². The maximum absolute atomic E-state index is 15.0. The molecule has 3 aromatic carbocycles. The summed E-state index contributed by atoms with van der Waals surface area (Å²) in [6.45, 7) is 24.9. The molecule has 1 unspecified atom stereocenters. The Morgan fingerprint density at radius 2 is 1.36 bits per heavy atom. The van der Waals surface area contributed by atoms with Crippen molar-refractivity contribution in [3.63, 3.8) is 0 Å². The van der Waals surface area contributed by atoms with Crippen LogP contribution in [0.4, 0.5) is 0 Å². The number of aromatic nitrogens is 2. The summed E-state index contributed by atoms with van der Waals surface area (Å²) in [7, 11) is 5.02. The Bertz CT molecular complexity index is 3430. The molecule has 582 valence electrons. The van der Waals surface area contributed by atoms with Crippen molar-refractivity contribution in [3.8, 4) is 17.0 Å². The zero-order valence-electron chi connectivity index (χ0n) is 64.3. The summed E-state index contributed by atoms with van der Waals surface area (Å²) < 4.78 is 59.5. The summed E-state index contributed by atoms with van der Waals surface area (Å²) >= 11 is 6.60. The number of Topliss-reactive ketones (excluding diaryl/α,β-unsaturated/α-hetero) is 1. The van der Waals surface area contributed by atoms with Gasteiger partial charge < -0.3 is 78.4 Å². The number of pyridine rings is 1. The van der Waals surface area contributed by atoms with Gasteiger partial charge in [0.25, 0.3) is 5.91 Å². The predicted octanol–water partition coefficient (Wildman–Crippen LogP) is 9.47. The molecule has 25 heteroatoms. The van der Waals surface area contributed by atoms with E-state index in [2.05, 4.69) is 43.6 Å². The number of nitrogens with zero attached hydrogens (tertiary/aromatic N) is 4. The largest absolute Gasteiger partial charge is 0.489 e. The topological polar surface area (TPSA) is 281 Å². The van der Waals surface area contributed by atoms with E-state index >= 15 is 0 Å². The fourth-order valence-electron chi connectivity index (χ4n) is 13.3. The van der Waals surface area contributed by atoms with Gasteiger partial charge >= 0.3 is 5.97 Å². The molecule has 3 heterocycles. The van der Waals surface area contributed by atoms with Gasteiger partial charge in [-0.1, -0.05) is 113 Å². The summed E-state index contributed by atoms with van der Waals surface area (Å²) in [5.74, 6) is -2.52. The maximum atomic E-state index is 15.0. The van der Waals surface area contributed by atoms with E-state index in [4.69, 9.17) is 69.7 Å². The van der Waals surface area contributed by atoms with Crippen LogP contribution >= 0.6 is 11.6 Å². The quantitative estimate of drug-likeness (QED) is 0.0208. The van der Waals surface area contributed by atoms with E-state index in [1.165, 1.54) is 7.11 Å². The Balaban J connectivity index is 1.05. The minimum atomic E-state index is -1.26. The van der Waals surface area contributed by atoms with Crippen LogP contribution in [0.25, 0.3) is 16.9 Å². The molecule has 1 aliphatic heterocycles. The van der Waals surface area contributed by atoms with Gasteiger partial charge in [0.1, 0.15) is 17.4 Å². The average molecular weight is 1480 g/mol. The molecule has 1 saturated heterocycles. The smallest absolute Gasteiger partial charge is 0.328 e. The number of aryl methyl sites for hydroxylation is 1. The number of halogens is 1. The number of esters is 1. The second-order valence-electron chi connectivity index (χ2n) is 28.3. The first-order valence-electron chi connectivity index (χ1n) is 37.3. The summed E-state index contributed by atoms with van der Waals surface area (Å²) in [4.78, 5) is 95.2. The number of nitrogens with one attached hydrogen (secondary N) is 3. The van der Waals surface area contributed by atoms with Crippen molar-refractivity contribution in [3.05, 3.63) is 125 Å². The van der Waals surface area contributed by atoms with E-state index in [0.29, 0.717) is 121 Å². The highest BCUT2D eigenvalue weighted by Crippen LogP contribution is 2.33. The second-order valence-corrected chi connectivity index (χ2v) is 28.7. The number of fused-ring (bicyclic) bond motifs is 1. The van der Waals surface area contributed by atoms with Gasteiger partial charge in [0, 0.05) is 82.2 Å². The van der Waals surface area contributed by atoms with Crippen molar-refractivity contribution in [2.75, 3.05) is 120 Å². The number of rotatable bonds is 51. The molecule has 0 aliphatic carbocycles. The number of carbonyl (C=O) groups is 6. The normalized spacial score (nSPS) is 15.7. The van der Waals surface area contributed by atoms with Gasteiger partial charge in [0.05, 0.1) is 145 Å². The minimum Gasteiger partial charge on any atom is -0.489 e. The van der Waals surface area contributed by atoms with Gasteiger partial charge in [-0.05, 0) is 120 Å². The molecule has 105 heavy (non-hydrogen) atoms. The SMILES string of the molecule is CC[C@H](C)[C@@H]([C@@H](CC(=O)N1CCC[C@H]1[C@H](OC)[C@@H](C)C(=O)N[C@@H](Cc1ccccc1)C(=O)OCC[C@H](Cc1ccc(-c2cn3cccc(C)c3n2)cc1)NC(=O)c1ccc(OC(C)C)c(Cl)c1)OC)N(C)C(CC(C)C)C(=O)C(C)(C)NC(=O)CCOCCOCCOCCOCCOCCOCCN. The fourth-order valence-corrected chi connectivity index (χ4v) is 13.5. The summed E-state index contributed by atoms with van der Waals surface area (Å²) in [5, 5.41) is 9.44. The van der Waals surface area contributed by atoms with Crippen molar-refractivity contribution in [1.29, 1.82) is 0 Å². The molecule has 5 N–H and O–H groups in total. The number of ether oxygens (including phenoxy) is 10. The van der Waals surface area contributed by atoms with Crippen LogP contribution < -0.4 is 26.4 Å². The first-order valence-corrected chi connectivity index (χ1v) is 37.7. The number of hydrogen-bond acceptors (Lipinski definition) is 19. The number of hydrogen-bond donors (Lipinski definition) is 4. The molecule has 0 bridgehead atoms. The third-order valence-electron chi connectivity index (χ3n) is 19.0. The second kappa shape index (κ2) is 45.7. The summed E-state index contributed by atoms with van der Waals surface area (Å²) in [6, 6.07) is 23.0. The molecule has 0 saturated carbocycles. The number of amides is 4. The van der Waals surface area contributed by atoms with Crippen LogP contribution in [0.2, 0.25) is 5.02 Å². The summed E-state index contributed by atoms with van der Waals surface area (Å²) in [6.07, 6.45) is 5.57. The Morgan fingerprint density at radius 3 is 1.93 bits per heavy atom. The van der Waals surface area contributed by atoms with Gasteiger partial charge in [-0.2, -0.15) is 0 Å². The average Bonchev–Trinajstić information content (AvgIpc) is 1.74. The van der Waals surface area contributed by atoms with E-state index in [-0.39, 0.29) is 86.9 Å². The van der Waals surface area contributed by atoms with Gasteiger partial charge in [0.2, 0.25) is 17.7 Å². The van der Waals surface area contributed by atoms with Gasteiger partial charge in [-0.15, -0.1) is 0 Å². The van der Waals surface area contributed by atoms with Crippen molar-refractivity contribution >= 4 is 52.6 Å². The van der Waals surface area contributed by atoms with Gasteiger partial charge in [0.15, 0.2) is 5.78 Å². The van der Waals surface area contributed by atoms with E-state index in [0.717, 1.165) is 40.0 Å². The van der Waals surface area contributed by atoms with Crippen LogP contribution in [0.15, 0.2) is 97.3 Å². The lowest BCUT2D eigenvalue weighted by atomic mass is 9.84. The molecule has 5 aromatic rings. The van der Waals surface area contributed by atoms with E-state index in [1.54, 1.807) is 51.0 Å². The highest BCUT2D eigenvalue weighted by molar-refractivity contribution is 6.32.